The first kappa shape index (κ1) is 31.9. The summed E-state index contributed by atoms with van der Waals surface area (Å²) in [5.41, 5.74) is 14.5. The summed E-state index contributed by atoms with van der Waals surface area (Å²) < 4.78 is 7.61. The third-order valence-electron chi connectivity index (χ3n) is 12.8. The third-order valence-corrected chi connectivity index (χ3v) is 14.0. The molecule has 9 aromatic carbocycles. The Bertz CT molecular complexity index is 3590. The van der Waals surface area contributed by atoms with Gasteiger partial charge >= 0.3 is 0 Å². The maximum absolute atomic E-state index is 2.51. The summed E-state index contributed by atoms with van der Waals surface area (Å²) in [6.07, 6.45) is 0. The molecule has 0 fully saturated rings. The number of aromatic nitrogens is 2. The highest BCUT2D eigenvalue weighted by Crippen LogP contribution is 2.56. The zero-order valence-electron chi connectivity index (χ0n) is 31.4. The lowest BCUT2D eigenvalue weighted by atomic mass is 9.67. The van der Waals surface area contributed by atoms with Gasteiger partial charge in [0.2, 0.25) is 0 Å². The van der Waals surface area contributed by atoms with Crippen LogP contribution >= 0.6 is 11.3 Å². The number of hydrogen-bond donors (Lipinski definition) is 0. The Morgan fingerprint density at radius 2 is 0.948 bits per heavy atom. The van der Waals surface area contributed by atoms with E-state index >= 15 is 0 Å². The smallest absolute Gasteiger partial charge is 0.0713 e. The normalized spacial score (nSPS) is 13.3. The van der Waals surface area contributed by atoms with Crippen molar-refractivity contribution < 1.29 is 0 Å². The van der Waals surface area contributed by atoms with E-state index in [0.29, 0.717) is 0 Å². The Morgan fingerprint density at radius 1 is 0.345 bits per heavy atom. The molecule has 0 atom stereocenters. The van der Waals surface area contributed by atoms with E-state index in [2.05, 4.69) is 215 Å². The predicted molar refractivity (Wildman–Crippen MR) is 245 cm³/mol. The van der Waals surface area contributed by atoms with E-state index < -0.39 is 5.41 Å². The quantitative estimate of drug-likeness (QED) is 0.169. The average Bonchev–Trinajstić information content (AvgIpc) is 4.02. The molecule has 0 N–H and O–H groups in total. The van der Waals surface area contributed by atoms with Crippen molar-refractivity contribution in [1.29, 1.82) is 0 Å². The van der Waals surface area contributed by atoms with Gasteiger partial charge in [-0.15, -0.1) is 11.3 Å². The number of fused-ring (bicyclic) bond motifs is 12. The van der Waals surface area contributed by atoms with Crippen LogP contribution in [0.25, 0.3) is 86.3 Å². The van der Waals surface area contributed by atoms with E-state index in [-0.39, 0.29) is 0 Å². The fourth-order valence-electron chi connectivity index (χ4n) is 10.5. The average molecular weight is 755 g/mol. The Balaban J connectivity index is 1.09. The molecule has 270 valence electrons. The highest BCUT2D eigenvalue weighted by Gasteiger charge is 2.46. The molecule has 1 aliphatic rings. The monoisotopic (exact) mass is 754 g/mol. The number of hydrogen-bond acceptors (Lipinski definition) is 1. The van der Waals surface area contributed by atoms with Crippen molar-refractivity contribution in [2.75, 3.05) is 0 Å². The zero-order chi connectivity index (χ0) is 38.0. The van der Waals surface area contributed by atoms with Crippen LogP contribution in [0.15, 0.2) is 206 Å². The lowest BCUT2D eigenvalue weighted by Gasteiger charge is -2.34. The van der Waals surface area contributed by atoms with Crippen molar-refractivity contribution >= 4 is 75.1 Å². The van der Waals surface area contributed by atoms with Crippen LogP contribution in [0.2, 0.25) is 0 Å². The Morgan fingerprint density at radius 3 is 1.74 bits per heavy atom. The zero-order valence-corrected chi connectivity index (χ0v) is 32.2. The van der Waals surface area contributed by atoms with Gasteiger partial charge in [0.15, 0.2) is 0 Å². The maximum Gasteiger partial charge on any atom is 0.0713 e. The fraction of sp³-hybridized carbons (Fsp3) is 0.0182. The molecule has 0 aliphatic heterocycles. The van der Waals surface area contributed by atoms with E-state index in [1.807, 2.05) is 11.3 Å². The summed E-state index contributed by atoms with van der Waals surface area (Å²) in [6.45, 7) is 0. The summed E-state index contributed by atoms with van der Waals surface area (Å²) in [7, 11) is 0. The lowest BCUT2D eigenvalue weighted by molar-refractivity contribution is 0.770. The van der Waals surface area contributed by atoms with Gasteiger partial charge in [0.1, 0.15) is 0 Å². The maximum atomic E-state index is 2.51. The van der Waals surface area contributed by atoms with Gasteiger partial charge in [-0.25, -0.2) is 0 Å². The lowest BCUT2D eigenvalue weighted by Crippen LogP contribution is -2.28. The van der Waals surface area contributed by atoms with Gasteiger partial charge in [-0.2, -0.15) is 0 Å². The second-order valence-electron chi connectivity index (χ2n) is 15.6. The summed E-state index contributed by atoms with van der Waals surface area (Å²) in [5, 5.41) is 7.61. The van der Waals surface area contributed by atoms with E-state index in [1.54, 1.807) is 0 Å². The molecule has 2 nitrogen and oxygen atoms in total. The summed E-state index contributed by atoms with van der Waals surface area (Å²) in [6, 6.07) is 76.8. The molecule has 0 unspecified atom stereocenters. The second-order valence-corrected chi connectivity index (χ2v) is 16.7. The Hall–Kier alpha value is -7.20. The van der Waals surface area contributed by atoms with Crippen molar-refractivity contribution in [2.24, 2.45) is 0 Å². The first-order valence-electron chi connectivity index (χ1n) is 20.0. The number of thiophene rings is 1. The molecule has 3 heterocycles. The first-order valence-corrected chi connectivity index (χ1v) is 20.8. The molecule has 0 amide bonds. The number of rotatable bonds is 4. The van der Waals surface area contributed by atoms with Crippen molar-refractivity contribution in [1.82, 2.24) is 9.13 Å². The van der Waals surface area contributed by atoms with Gasteiger partial charge in [-0.1, -0.05) is 146 Å². The summed E-state index contributed by atoms with van der Waals surface area (Å²) in [4.78, 5) is 0. The minimum Gasteiger partial charge on any atom is -0.309 e. The molecule has 0 radical (unpaired) electrons. The van der Waals surface area contributed by atoms with Gasteiger partial charge < -0.3 is 9.13 Å². The fourth-order valence-corrected chi connectivity index (χ4v) is 11.6. The third kappa shape index (κ3) is 4.16. The molecule has 0 spiro atoms. The van der Waals surface area contributed by atoms with Crippen LogP contribution < -0.4 is 0 Å². The minimum atomic E-state index is -0.464. The number of nitrogens with zero attached hydrogens (tertiary/aromatic N) is 2. The van der Waals surface area contributed by atoms with Crippen molar-refractivity contribution in [3.63, 3.8) is 0 Å². The van der Waals surface area contributed by atoms with Crippen LogP contribution in [0.4, 0.5) is 0 Å². The van der Waals surface area contributed by atoms with Crippen molar-refractivity contribution in [3.05, 3.63) is 229 Å². The Labute approximate surface area is 339 Å². The topological polar surface area (TPSA) is 9.86 Å². The van der Waals surface area contributed by atoms with Crippen molar-refractivity contribution in [2.45, 2.75) is 5.41 Å². The summed E-state index contributed by atoms with van der Waals surface area (Å²) in [5.74, 6) is 0. The Kier molecular flexibility index (Phi) is 6.56. The molecule has 0 saturated carbocycles. The van der Waals surface area contributed by atoms with E-state index in [4.69, 9.17) is 0 Å². The van der Waals surface area contributed by atoms with Gasteiger partial charge in [-0.05, 0) is 94.0 Å². The van der Waals surface area contributed by atoms with E-state index in [0.717, 1.165) is 0 Å². The number of para-hydroxylation sites is 2. The van der Waals surface area contributed by atoms with Crippen LogP contribution in [-0.4, -0.2) is 9.13 Å². The van der Waals surface area contributed by atoms with Gasteiger partial charge in [0.25, 0.3) is 0 Å². The molecule has 13 rings (SSSR count). The highest BCUT2D eigenvalue weighted by molar-refractivity contribution is 7.25. The van der Waals surface area contributed by atoms with Gasteiger partial charge in [0, 0.05) is 47.4 Å². The van der Waals surface area contributed by atoms with Crippen LogP contribution in [0.1, 0.15) is 22.3 Å². The largest absolute Gasteiger partial charge is 0.309 e. The molecule has 58 heavy (non-hydrogen) atoms. The molecule has 0 bridgehead atoms. The molecular formula is C55H34N2S. The first-order chi connectivity index (χ1) is 28.8. The molecule has 12 aromatic rings. The molecule has 3 heteroatoms. The van der Waals surface area contributed by atoms with Crippen LogP contribution in [0, 0.1) is 0 Å². The minimum absolute atomic E-state index is 0.464. The highest BCUT2D eigenvalue weighted by atomic mass is 32.1. The standard InChI is InChI=1S/C55H34N2S/c1-2-15-35(16-3-1)55(45-22-9-4-17-38(45)39-18-5-10-23-46(39)55)36-29-31-49-43(33-36)40-19-6-11-24-47(40)57(49)51-27-14-26-50-54(51)42-21-7-12-25-48(42)56(50)37-30-32-53-44(34-37)41-20-8-13-28-52(41)58-53/h1-34H. The van der Waals surface area contributed by atoms with Gasteiger partial charge in [0.05, 0.1) is 33.2 Å². The second kappa shape index (κ2) is 11.9. The molecule has 1 aliphatic carbocycles. The summed E-state index contributed by atoms with van der Waals surface area (Å²) >= 11 is 1.87. The van der Waals surface area contributed by atoms with Crippen LogP contribution in [0.5, 0.6) is 0 Å². The van der Waals surface area contributed by atoms with Crippen LogP contribution in [-0.2, 0) is 5.41 Å². The molecule has 0 saturated heterocycles. The molecule has 3 aromatic heterocycles. The SMILES string of the molecule is c1ccc(C2(c3ccc4c(c3)c3ccccc3n4-c3cccc4c3c3ccccc3n4-c3ccc4sc5ccccc5c4c3)c3ccccc3-c3ccccc32)cc1. The van der Waals surface area contributed by atoms with E-state index in [9.17, 15) is 0 Å². The number of benzene rings is 9. The molecular weight excluding hydrogens is 721 g/mol. The van der Waals surface area contributed by atoms with Crippen LogP contribution in [0.3, 0.4) is 0 Å². The van der Waals surface area contributed by atoms with Gasteiger partial charge in [-0.3, -0.25) is 0 Å². The van der Waals surface area contributed by atoms with E-state index in [1.165, 1.54) is 109 Å². The van der Waals surface area contributed by atoms with Crippen molar-refractivity contribution in [3.8, 4) is 22.5 Å². The predicted octanol–water partition coefficient (Wildman–Crippen LogP) is 14.6.